The normalized spacial score (nSPS) is 21.3. The van der Waals surface area contributed by atoms with Crippen LogP contribution >= 0.6 is 11.8 Å². The Hall–Kier alpha value is -0.584. The minimum atomic E-state index is -1.81. The molecule has 0 heterocycles. The number of hydrogen-bond donors (Lipinski definition) is 0. The van der Waals surface area contributed by atoms with Crippen molar-refractivity contribution in [2.24, 2.45) is 17.8 Å². The Bertz CT molecular complexity index is 787. The molecule has 0 bridgehead atoms. The molecule has 2 fully saturated rings. The molecule has 215 valence electrons. The van der Waals surface area contributed by atoms with E-state index in [0.29, 0.717) is 24.0 Å². The van der Waals surface area contributed by atoms with Crippen molar-refractivity contribution in [2.75, 3.05) is 0 Å². The molecule has 0 saturated heterocycles. The summed E-state index contributed by atoms with van der Waals surface area (Å²) in [5.74, 6) is 3.62. The Labute approximate surface area is 255 Å². The molecule has 2 aliphatic carbocycles. The molecule has 4 nitrogen and oxygen atoms in total. The van der Waals surface area contributed by atoms with Gasteiger partial charge in [0.25, 0.3) is 0 Å². The number of carbonyl (C=O) groups excluding carboxylic acids is 1. The molecule has 1 aromatic carbocycles. The van der Waals surface area contributed by atoms with Crippen molar-refractivity contribution in [2.45, 2.75) is 95.9 Å². The number of rotatable bonds is 7. The molecule has 2 aliphatic rings. The van der Waals surface area contributed by atoms with Gasteiger partial charge in [0, 0.05) is 12.5 Å². The van der Waals surface area contributed by atoms with Gasteiger partial charge >= 0.3 is 39.7 Å². The maximum atomic E-state index is 13.1. The molecular weight excluding hydrogens is 564 g/mol. The second kappa shape index (κ2) is 22.1. The molecule has 0 spiro atoms. The zero-order chi connectivity index (χ0) is 29.2. The second-order valence-electron chi connectivity index (χ2n) is 11.5. The summed E-state index contributed by atoms with van der Waals surface area (Å²) >= 11 is 1.72. The Morgan fingerprint density at radius 1 is 1.03 bits per heavy atom. The molecule has 2 saturated carbocycles. The van der Waals surface area contributed by atoms with Crippen molar-refractivity contribution in [1.82, 2.24) is 0 Å². The van der Waals surface area contributed by atoms with E-state index >= 15 is 0 Å². The molecule has 5 radical (unpaired) electrons. The monoisotopic (exact) mass is 610 g/mol. The van der Waals surface area contributed by atoms with Crippen LogP contribution in [0.25, 0.3) is 0 Å². The molecule has 7 heteroatoms. The third-order valence-electron chi connectivity index (χ3n) is 7.09. The number of hydrogen-bond acceptors (Lipinski definition) is 3. The summed E-state index contributed by atoms with van der Waals surface area (Å²) in [5.41, 5.74) is 0. The molecule has 3 atom stereocenters. The first-order chi connectivity index (χ1) is 18.0. The van der Waals surface area contributed by atoms with Crippen LogP contribution in [0.5, 0.6) is 0 Å². The average Bonchev–Trinajstić information content (AvgIpc) is 3.45. The number of benzene rings is 1. The van der Waals surface area contributed by atoms with Gasteiger partial charge in [0.05, 0.1) is 0 Å². The third kappa shape index (κ3) is 16.4. The standard InChI is InChI=1S/C25H41O2SSi.C5H5.2CO.Fe/c1-19(2)16-20-17-21(27-29(6,7)25(3,4)5)12-11-15-24(26)23(20)18-28-22-13-9-8-10-14-22;1-2-4-5-3-1;2*1-2;/h8-10,13-14,18-21,23H,11-12,15-17H2,1-7H3;1-5H;;;/q-1;;;;+2/t20-,21?,23+;;;;/m0..../s1. The Balaban J connectivity index is 0. The van der Waals surface area contributed by atoms with E-state index in [0.717, 1.165) is 25.7 Å². The molecule has 0 N–H and O–H groups in total. The Morgan fingerprint density at radius 3 is 2.00 bits per heavy atom. The number of ketones is 1. The fourth-order valence-corrected chi connectivity index (χ4v) is 6.64. The van der Waals surface area contributed by atoms with E-state index in [-0.39, 0.29) is 34.1 Å². The zero-order valence-corrected chi connectivity index (χ0v) is 27.5. The summed E-state index contributed by atoms with van der Waals surface area (Å²) < 4.78 is 21.8. The van der Waals surface area contributed by atoms with Gasteiger partial charge in [-0.25, -0.2) is 0 Å². The van der Waals surface area contributed by atoms with Crippen LogP contribution in [0, 0.1) is 68.9 Å². The quantitative estimate of drug-likeness (QED) is 0.134. The van der Waals surface area contributed by atoms with Crippen molar-refractivity contribution in [1.29, 1.82) is 0 Å². The first kappa shape index (κ1) is 40.6. The zero-order valence-electron chi connectivity index (χ0n) is 24.6. The van der Waals surface area contributed by atoms with Crippen LogP contribution < -0.4 is 0 Å². The molecule has 1 aromatic rings. The molecule has 0 aliphatic heterocycles. The molecule has 0 aromatic heterocycles. The summed E-state index contributed by atoms with van der Waals surface area (Å²) in [6, 6.07) is 10.4. The van der Waals surface area contributed by atoms with Crippen LogP contribution in [0.3, 0.4) is 0 Å². The summed E-state index contributed by atoms with van der Waals surface area (Å²) in [7, 11) is -1.81. The van der Waals surface area contributed by atoms with Gasteiger partial charge in [-0.3, -0.25) is 5.75 Å². The molecule has 3 rings (SSSR count). The van der Waals surface area contributed by atoms with E-state index in [1.807, 2.05) is 38.2 Å². The Kier molecular flexibility index (Phi) is 22.9. The SMILES string of the molecule is CC(C)C[C@H]1CC(O[Si](C)(C)C(C)(C)C)CCCC(=O)[C@@H]1[CH-]Sc1ccccc1.[C-]#[O+].[C-]#[O+].[CH]1[CH][CH][CH][CH]1.[Fe+2]. The predicted octanol–water partition coefficient (Wildman–Crippen LogP) is 8.70. The van der Waals surface area contributed by atoms with Crippen LogP contribution in [-0.2, 0) is 35.6 Å². The van der Waals surface area contributed by atoms with Crippen molar-refractivity contribution >= 4 is 25.9 Å². The van der Waals surface area contributed by atoms with Crippen molar-refractivity contribution in [3.63, 3.8) is 0 Å². The van der Waals surface area contributed by atoms with Crippen LogP contribution in [0.15, 0.2) is 35.2 Å². The van der Waals surface area contributed by atoms with Crippen LogP contribution in [0.2, 0.25) is 18.1 Å². The van der Waals surface area contributed by atoms with E-state index in [4.69, 9.17) is 13.7 Å². The number of carbonyl (C=O) groups is 1. The van der Waals surface area contributed by atoms with E-state index in [1.54, 1.807) is 11.8 Å². The predicted molar refractivity (Wildman–Crippen MR) is 158 cm³/mol. The van der Waals surface area contributed by atoms with Crippen molar-refractivity contribution in [3.8, 4) is 0 Å². The topological polar surface area (TPSA) is 66.1 Å². The van der Waals surface area contributed by atoms with Gasteiger partial charge in [-0.1, -0.05) is 76.8 Å². The first-order valence-electron chi connectivity index (χ1n) is 13.3. The smallest absolute Gasteiger partial charge is 0.0312 e. The van der Waals surface area contributed by atoms with Gasteiger partial charge in [-0.2, -0.15) is 0 Å². The maximum absolute atomic E-state index is 13.1. The molecule has 0 amide bonds. The minimum absolute atomic E-state index is 0. The van der Waals surface area contributed by atoms with Crippen molar-refractivity contribution < 1.29 is 35.6 Å². The summed E-state index contributed by atoms with van der Waals surface area (Å²) in [6.07, 6.45) is 15.0. The maximum Gasteiger partial charge on any atom is 2.00 e. The fraction of sp³-hybridized carbons (Fsp3) is 0.531. The largest absolute Gasteiger partial charge is 2.00 e. The van der Waals surface area contributed by atoms with Crippen molar-refractivity contribution in [3.05, 3.63) is 81.5 Å². The summed E-state index contributed by atoms with van der Waals surface area (Å²) in [6.45, 7) is 25.2. The van der Waals surface area contributed by atoms with Crippen LogP contribution in [0.1, 0.15) is 66.7 Å². The van der Waals surface area contributed by atoms with E-state index in [1.165, 1.54) is 4.90 Å². The summed E-state index contributed by atoms with van der Waals surface area (Å²) in [5, 5.41) is 0.216. The third-order valence-corrected chi connectivity index (χ3v) is 12.6. The van der Waals surface area contributed by atoms with E-state index in [2.05, 4.69) is 91.0 Å². The fourth-order valence-electron chi connectivity index (χ4n) is 4.24. The second-order valence-corrected chi connectivity index (χ2v) is 17.3. The van der Waals surface area contributed by atoms with E-state index in [9.17, 15) is 4.79 Å². The minimum Gasteiger partial charge on any atom is -0.0312 e. The van der Waals surface area contributed by atoms with Gasteiger partial charge < -0.3 is 21.0 Å². The molecular formula is C32H46FeO4SSi+. The van der Waals surface area contributed by atoms with Gasteiger partial charge in [0.1, 0.15) is 5.78 Å². The van der Waals surface area contributed by atoms with Gasteiger partial charge in [-0.05, 0) is 86.7 Å². The molecule has 1 unspecified atom stereocenters. The van der Waals surface area contributed by atoms with Crippen LogP contribution in [0.4, 0.5) is 0 Å². The average molecular weight is 611 g/mol. The first-order valence-corrected chi connectivity index (χ1v) is 17.1. The van der Waals surface area contributed by atoms with Gasteiger partial charge in [0.2, 0.25) is 0 Å². The van der Waals surface area contributed by atoms with Gasteiger partial charge in [0.15, 0.2) is 8.32 Å². The van der Waals surface area contributed by atoms with E-state index < -0.39 is 8.32 Å². The number of thioether (sulfide) groups is 1. The van der Waals surface area contributed by atoms with Gasteiger partial charge in [-0.15, -0.1) is 0 Å². The number of Topliss-reactive ketones (excluding diaryl/α,β-unsaturated/α-hetero) is 1. The summed E-state index contributed by atoms with van der Waals surface area (Å²) in [4.78, 5) is 14.3. The Morgan fingerprint density at radius 2 is 1.54 bits per heavy atom. The van der Waals surface area contributed by atoms with Crippen LogP contribution in [-0.4, -0.2) is 20.2 Å². The molecule has 39 heavy (non-hydrogen) atoms.